The van der Waals surface area contributed by atoms with Crippen molar-refractivity contribution in [3.8, 4) is 5.75 Å². The van der Waals surface area contributed by atoms with Crippen molar-refractivity contribution in [1.82, 2.24) is 0 Å². The van der Waals surface area contributed by atoms with Crippen LogP contribution in [0.3, 0.4) is 0 Å². The Morgan fingerprint density at radius 1 is 1.29 bits per heavy atom. The summed E-state index contributed by atoms with van der Waals surface area (Å²) in [5.74, 6) is 0.992. The first-order valence-electron chi connectivity index (χ1n) is 6.39. The standard InChI is InChI=1S/C15H21ClO/c1-11(16)10-15(2,3)12-4-6-13(7-5-12)17-14-8-9-14/h4-7,11,14H,8-10H2,1-3H3. The van der Waals surface area contributed by atoms with E-state index in [-0.39, 0.29) is 10.8 Å². The van der Waals surface area contributed by atoms with Gasteiger partial charge in [-0.05, 0) is 49.3 Å². The second-order valence-corrected chi connectivity index (χ2v) is 6.46. The lowest BCUT2D eigenvalue weighted by molar-refractivity contribution is 0.303. The van der Waals surface area contributed by atoms with Gasteiger partial charge in [0.2, 0.25) is 0 Å². The van der Waals surface area contributed by atoms with E-state index in [0.29, 0.717) is 6.10 Å². The Hall–Kier alpha value is -0.690. The Bertz CT molecular complexity index is 363. The molecule has 0 spiro atoms. The first-order valence-corrected chi connectivity index (χ1v) is 6.82. The van der Waals surface area contributed by atoms with Gasteiger partial charge in [-0.2, -0.15) is 0 Å². The molecule has 0 radical (unpaired) electrons. The lowest BCUT2D eigenvalue weighted by atomic mass is 9.80. The second-order valence-electron chi connectivity index (χ2n) is 5.71. The van der Waals surface area contributed by atoms with E-state index in [0.717, 1.165) is 12.2 Å². The van der Waals surface area contributed by atoms with Crippen molar-refractivity contribution in [3.05, 3.63) is 29.8 Å². The van der Waals surface area contributed by atoms with Crippen LogP contribution in [0, 0.1) is 0 Å². The Morgan fingerprint density at radius 3 is 2.35 bits per heavy atom. The topological polar surface area (TPSA) is 9.23 Å². The van der Waals surface area contributed by atoms with Gasteiger partial charge in [0.05, 0.1) is 6.10 Å². The molecule has 1 aromatic carbocycles. The highest BCUT2D eigenvalue weighted by Crippen LogP contribution is 2.32. The molecule has 2 rings (SSSR count). The molecule has 1 aliphatic rings. The van der Waals surface area contributed by atoms with Crippen molar-refractivity contribution in [2.75, 3.05) is 0 Å². The smallest absolute Gasteiger partial charge is 0.119 e. The van der Waals surface area contributed by atoms with Crippen LogP contribution in [0.15, 0.2) is 24.3 Å². The minimum Gasteiger partial charge on any atom is -0.490 e. The minimum absolute atomic E-state index is 0.124. The summed E-state index contributed by atoms with van der Waals surface area (Å²) < 4.78 is 5.75. The van der Waals surface area contributed by atoms with Gasteiger partial charge in [-0.1, -0.05) is 26.0 Å². The molecule has 1 aromatic rings. The van der Waals surface area contributed by atoms with Crippen LogP contribution in [0.5, 0.6) is 5.75 Å². The summed E-state index contributed by atoms with van der Waals surface area (Å²) in [6, 6.07) is 8.48. The maximum Gasteiger partial charge on any atom is 0.119 e. The number of hydrogen-bond donors (Lipinski definition) is 0. The van der Waals surface area contributed by atoms with Crippen LogP contribution in [-0.4, -0.2) is 11.5 Å². The zero-order chi connectivity index (χ0) is 12.5. The molecule has 0 saturated heterocycles. The highest BCUT2D eigenvalue weighted by molar-refractivity contribution is 6.20. The van der Waals surface area contributed by atoms with Crippen LogP contribution >= 0.6 is 11.6 Å². The molecular weight excluding hydrogens is 232 g/mol. The zero-order valence-electron chi connectivity index (χ0n) is 10.9. The molecule has 0 aromatic heterocycles. The van der Waals surface area contributed by atoms with E-state index in [1.54, 1.807) is 0 Å². The normalized spacial score (nSPS) is 17.9. The summed E-state index contributed by atoms with van der Waals surface area (Å²) in [6.07, 6.45) is 3.86. The van der Waals surface area contributed by atoms with Crippen molar-refractivity contribution in [1.29, 1.82) is 0 Å². The van der Waals surface area contributed by atoms with Crippen molar-refractivity contribution in [2.24, 2.45) is 0 Å². The molecule has 0 N–H and O–H groups in total. The fourth-order valence-electron chi connectivity index (χ4n) is 2.18. The van der Waals surface area contributed by atoms with Crippen molar-refractivity contribution in [3.63, 3.8) is 0 Å². The van der Waals surface area contributed by atoms with Gasteiger partial charge in [0.15, 0.2) is 0 Å². The van der Waals surface area contributed by atoms with Crippen LogP contribution in [0.1, 0.15) is 45.6 Å². The SMILES string of the molecule is CC(Cl)CC(C)(C)c1ccc(OC2CC2)cc1. The molecule has 1 nitrogen and oxygen atoms in total. The maximum atomic E-state index is 6.10. The quantitative estimate of drug-likeness (QED) is 0.700. The van der Waals surface area contributed by atoms with Crippen molar-refractivity contribution in [2.45, 2.75) is 56.9 Å². The van der Waals surface area contributed by atoms with E-state index in [1.165, 1.54) is 18.4 Å². The number of benzene rings is 1. The van der Waals surface area contributed by atoms with E-state index in [1.807, 2.05) is 6.92 Å². The Morgan fingerprint density at radius 2 is 1.88 bits per heavy atom. The number of ether oxygens (including phenoxy) is 1. The fraction of sp³-hybridized carbons (Fsp3) is 0.600. The zero-order valence-corrected chi connectivity index (χ0v) is 11.6. The summed E-state index contributed by atoms with van der Waals surface area (Å²) in [5, 5.41) is 0.201. The van der Waals surface area contributed by atoms with E-state index in [4.69, 9.17) is 16.3 Å². The van der Waals surface area contributed by atoms with Gasteiger partial charge in [0.25, 0.3) is 0 Å². The molecule has 1 atom stereocenters. The van der Waals surface area contributed by atoms with E-state index >= 15 is 0 Å². The lowest BCUT2D eigenvalue weighted by Gasteiger charge is -2.26. The monoisotopic (exact) mass is 252 g/mol. The van der Waals surface area contributed by atoms with Gasteiger partial charge in [0, 0.05) is 5.38 Å². The number of alkyl halides is 1. The molecular formula is C15H21ClO. The molecule has 0 amide bonds. The fourth-order valence-corrected chi connectivity index (χ4v) is 2.57. The van der Waals surface area contributed by atoms with E-state index < -0.39 is 0 Å². The third kappa shape index (κ3) is 3.64. The predicted molar refractivity (Wildman–Crippen MR) is 73.1 cm³/mol. The van der Waals surface area contributed by atoms with Crippen LogP contribution < -0.4 is 4.74 Å². The average molecular weight is 253 g/mol. The molecule has 17 heavy (non-hydrogen) atoms. The highest BCUT2D eigenvalue weighted by Gasteiger charge is 2.25. The third-order valence-electron chi connectivity index (χ3n) is 3.25. The summed E-state index contributed by atoms with van der Waals surface area (Å²) in [6.45, 7) is 6.53. The van der Waals surface area contributed by atoms with Crippen LogP contribution in [-0.2, 0) is 5.41 Å². The summed E-state index contributed by atoms with van der Waals surface area (Å²) in [5.41, 5.74) is 1.45. The van der Waals surface area contributed by atoms with Crippen molar-refractivity contribution >= 4 is 11.6 Å². The van der Waals surface area contributed by atoms with Crippen molar-refractivity contribution < 1.29 is 4.74 Å². The van der Waals surface area contributed by atoms with Gasteiger partial charge < -0.3 is 4.74 Å². The molecule has 0 bridgehead atoms. The first kappa shape index (κ1) is 12.8. The molecule has 1 saturated carbocycles. The number of rotatable bonds is 5. The number of halogens is 1. The number of hydrogen-bond acceptors (Lipinski definition) is 1. The van der Waals surface area contributed by atoms with E-state index in [2.05, 4.69) is 38.1 Å². The molecule has 2 heteroatoms. The summed E-state index contributed by atoms with van der Waals surface area (Å²) in [7, 11) is 0. The third-order valence-corrected chi connectivity index (χ3v) is 3.41. The molecule has 0 aliphatic heterocycles. The first-order chi connectivity index (χ1) is 7.97. The van der Waals surface area contributed by atoms with Crippen LogP contribution in [0.25, 0.3) is 0 Å². The summed E-state index contributed by atoms with van der Waals surface area (Å²) in [4.78, 5) is 0. The van der Waals surface area contributed by atoms with Gasteiger partial charge in [-0.3, -0.25) is 0 Å². The minimum atomic E-state index is 0.124. The Kier molecular flexibility index (Phi) is 3.67. The average Bonchev–Trinajstić information content (AvgIpc) is 3.00. The molecule has 0 heterocycles. The van der Waals surface area contributed by atoms with E-state index in [9.17, 15) is 0 Å². The Balaban J connectivity index is 2.04. The lowest BCUT2D eigenvalue weighted by Crippen LogP contribution is -2.20. The van der Waals surface area contributed by atoms with Gasteiger partial charge in [0.1, 0.15) is 5.75 Å². The highest BCUT2D eigenvalue weighted by atomic mass is 35.5. The Labute approximate surface area is 109 Å². The second kappa shape index (κ2) is 4.89. The summed E-state index contributed by atoms with van der Waals surface area (Å²) >= 11 is 6.10. The molecule has 1 unspecified atom stereocenters. The van der Waals surface area contributed by atoms with Gasteiger partial charge >= 0.3 is 0 Å². The van der Waals surface area contributed by atoms with Crippen LogP contribution in [0.2, 0.25) is 0 Å². The molecule has 1 aliphatic carbocycles. The largest absolute Gasteiger partial charge is 0.490 e. The predicted octanol–water partition coefficient (Wildman–Crippen LogP) is 4.52. The van der Waals surface area contributed by atoms with Gasteiger partial charge in [-0.25, -0.2) is 0 Å². The van der Waals surface area contributed by atoms with Gasteiger partial charge in [-0.15, -0.1) is 11.6 Å². The molecule has 1 fully saturated rings. The van der Waals surface area contributed by atoms with Crippen LogP contribution in [0.4, 0.5) is 0 Å². The maximum absolute atomic E-state index is 6.10. The molecule has 94 valence electrons.